The lowest BCUT2D eigenvalue weighted by molar-refractivity contribution is -0.137. The summed E-state index contributed by atoms with van der Waals surface area (Å²) < 4.78 is 25.8. The third-order valence-electron chi connectivity index (χ3n) is 2.84. The van der Waals surface area contributed by atoms with Crippen LogP contribution in [0.5, 0.6) is 11.5 Å². The fourth-order valence-electron chi connectivity index (χ4n) is 1.71. The van der Waals surface area contributed by atoms with Crippen LogP contribution in [0, 0.1) is 0 Å². The number of carbonyl (C=O) groups is 1. The van der Waals surface area contributed by atoms with Crippen LogP contribution in [0.15, 0.2) is 36.4 Å². The summed E-state index contributed by atoms with van der Waals surface area (Å²) in [6.45, 7) is 3.20. The lowest BCUT2D eigenvalue weighted by atomic mass is 10.2. The van der Waals surface area contributed by atoms with E-state index in [9.17, 15) is 4.79 Å². The van der Waals surface area contributed by atoms with E-state index in [1.165, 1.54) is 6.08 Å². The van der Waals surface area contributed by atoms with Crippen LogP contribution in [0.3, 0.4) is 0 Å². The van der Waals surface area contributed by atoms with Gasteiger partial charge in [0.15, 0.2) is 18.3 Å². The van der Waals surface area contributed by atoms with Crippen LogP contribution < -0.4 is 9.47 Å². The maximum atomic E-state index is 11.2. The van der Waals surface area contributed by atoms with Gasteiger partial charge in [0.25, 0.3) is 0 Å². The molecule has 0 fully saturated rings. The second-order valence-corrected chi connectivity index (χ2v) is 4.54. The average Bonchev–Trinajstić information content (AvgIpc) is 2.59. The first-order chi connectivity index (χ1) is 11.7. The smallest absolute Gasteiger partial charge is 0.330 e. The summed E-state index contributed by atoms with van der Waals surface area (Å²) in [5.74, 6) is 0.824. The van der Waals surface area contributed by atoms with E-state index < -0.39 is 0 Å². The monoisotopic (exact) mass is 336 g/mol. The van der Waals surface area contributed by atoms with E-state index in [1.54, 1.807) is 39.4 Å². The van der Waals surface area contributed by atoms with Crippen molar-refractivity contribution in [3.63, 3.8) is 0 Å². The molecule has 0 aliphatic carbocycles. The third kappa shape index (κ3) is 7.80. The van der Waals surface area contributed by atoms with Crippen molar-refractivity contribution in [2.24, 2.45) is 0 Å². The summed E-state index contributed by atoms with van der Waals surface area (Å²) in [7, 11) is 3.19. The molecule has 0 aliphatic rings. The maximum Gasteiger partial charge on any atom is 0.330 e. The molecule has 0 bridgehead atoms. The Kier molecular flexibility index (Phi) is 9.99. The number of methoxy groups -OCH3 is 2. The van der Waals surface area contributed by atoms with Crippen LogP contribution in [0.2, 0.25) is 0 Å². The van der Waals surface area contributed by atoms with Crippen LogP contribution in [0.25, 0.3) is 6.08 Å². The summed E-state index contributed by atoms with van der Waals surface area (Å²) in [5, 5.41) is 0. The van der Waals surface area contributed by atoms with Gasteiger partial charge in [-0.15, -0.1) is 0 Å². The summed E-state index contributed by atoms with van der Waals surface area (Å²) in [6.07, 6.45) is 6.58. The SMILES string of the molecule is CCOC(=O)C=CC=Cc1ccc(OC)c(OCOCCOC)c1. The fraction of sp³-hybridized carbons (Fsp3) is 0.389. The van der Waals surface area contributed by atoms with Crippen molar-refractivity contribution < 1.29 is 28.5 Å². The van der Waals surface area contributed by atoms with Gasteiger partial charge in [-0.1, -0.05) is 24.3 Å². The van der Waals surface area contributed by atoms with Crippen LogP contribution >= 0.6 is 0 Å². The predicted molar refractivity (Wildman–Crippen MR) is 91.1 cm³/mol. The molecule has 0 unspecified atom stereocenters. The molecule has 0 spiro atoms. The minimum Gasteiger partial charge on any atom is -0.493 e. The lowest BCUT2D eigenvalue weighted by Gasteiger charge is -2.11. The number of rotatable bonds is 11. The Morgan fingerprint density at radius 1 is 1.12 bits per heavy atom. The van der Waals surface area contributed by atoms with Crippen molar-refractivity contribution in [3.8, 4) is 11.5 Å². The van der Waals surface area contributed by atoms with Gasteiger partial charge in [-0.05, 0) is 24.6 Å². The first kappa shape index (κ1) is 19.7. The summed E-state index contributed by atoms with van der Waals surface area (Å²) >= 11 is 0. The topological polar surface area (TPSA) is 63.2 Å². The van der Waals surface area contributed by atoms with E-state index in [-0.39, 0.29) is 12.8 Å². The van der Waals surface area contributed by atoms with Gasteiger partial charge >= 0.3 is 5.97 Å². The molecule has 1 rings (SSSR count). The second-order valence-electron chi connectivity index (χ2n) is 4.54. The predicted octanol–water partition coefficient (Wildman–Crippen LogP) is 2.83. The number of benzene rings is 1. The molecular weight excluding hydrogens is 312 g/mol. The number of carbonyl (C=O) groups excluding carboxylic acids is 1. The molecule has 24 heavy (non-hydrogen) atoms. The largest absolute Gasteiger partial charge is 0.493 e. The fourth-order valence-corrected chi connectivity index (χ4v) is 1.71. The van der Waals surface area contributed by atoms with Gasteiger partial charge in [-0.2, -0.15) is 0 Å². The molecule has 132 valence electrons. The molecular formula is C18H24O6. The van der Waals surface area contributed by atoms with Crippen LogP contribution in [-0.4, -0.2) is 46.8 Å². The van der Waals surface area contributed by atoms with E-state index in [4.69, 9.17) is 23.7 Å². The van der Waals surface area contributed by atoms with Crippen LogP contribution in [0.4, 0.5) is 0 Å². The van der Waals surface area contributed by atoms with Crippen molar-refractivity contribution >= 4 is 12.0 Å². The van der Waals surface area contributed by atoms with Gasteiger partial charge in [0.05, 0.1) is 26.9 Å². The Morgan fingerprint density at radius 2 is 1.96 bits per heavy atom. The highest BCUT2D eigenvalue weighted by Gasteiger charge is 2.04. The normalized spacial score (nSPS) is 11.1. The molecule has 1 aromatic carbocycles. The van der Waals surface area contributed by atoms with Crippen LogP contribution in [0.1, 0.15) is 12.5 Å². The average molecular weight is 336 g/mol. The molecule has 6 nitrogen and oxygen atoms in total. The Morgan fingerprint density at radius 3 is 2.67 bits per heavy atom. The van der Waals surface area contributed by atoms with Gasteiger partial charge in [0, 0.05) is 13.2 Å². The highest BCUT2D eigenvalue weighted by Crippen LogP contribution is 2.28. The lowest BCUT2D eigenvalue weighted by Crippen LogP contribution is -2.08. The Hall–Kier alpha value is -2.31. The summed E-state index contributed by atoms with van der Waals surface area (Å²) in [6, 6.07) is 5.51. The van der Waals surface area contributed by atoms with Gasteiger partial charge < -0.3 is 23.7 Å². The maximum absolute atomic E-state index is 11.2. The molecule has 0 amide bonds. The molecule has 0 aromatic heterocycles. The zero-order valence-corrected chi connectivity index (χ0v) is 14.3. The molecule has 0 saturated carbocycles. The molecule has 0 heterocycles. The quantitative estimate of drug-likeness (QED) is 0.204. The zero-order chi connectivity index (χ0) is 17.6. The van der Waals surface area contributed by atoms with Gasteiger partial charge in [0.2, 0.25) is 0 Å². The van der Waals surface area contributed by atoms with E-state index in [0.717, 1.165) is 5.56 Å². The standard InChI is InChI=1S/C18H24O6/c1-4-23-18(19)8-6-5-7-15-9-10-16(21-3)17(13-15)24-14-22-12-11-20-2/h5-10,13H,4,11-12,14H2,1-3H3. The van der Waals surface area contributed by atoms with Crippen molar-refractivity contribution in [1.29, 1.82) is 0 Å². The number of hydrogen-bond acceptors (Lipinski definition) is 6. The minimum absolute atomic E-state index is 0.107. The van der Waals surface area contributed by atoms with E-state index >= 15 is 0 Å². The van der Waals surface area contributed by atoms with E-state index in [0.29, 0.717) is 31.3 Å². The van der Waals surface area contributed by atoms with Crippen molar-refractivity contribution in [2.45, 2.75) is 6.92 Å². The number of ether oxygens (including phenoxy) is 5. The van der Waals surface area contributed by atoms with Gasteiger partial charge in [-0.3, -0.25) is 0 Å². The Labute approximate surface area is 142 Å². The van der Waals surface area contributed by atoms with Gasteiger partial charge in [-0.25, -0.2) is 4.79 Å². The molecule has 0 radical (unpaired) electrons. The number of esters is 1. The minimum atomic E-state index is -0.367. The first-order valence-corrected chi connectivity index (χ1v) is 7.60. The summed E-state index contributed by atoms with van der Waals surface area (Å²) in [5.41, 5.74) is 0.899. The van der Waals surface area contributed by atoms with Crippen molar-refractivity contribution in [2.75, 3.05) is 40.8 Å². The van der Waals surface area contributed by atoms with E-state index in [1.807, 2.05) is 18.2 Å². The highest BCUT2D eigenvalue weighted by molar-refractivity contribution is 5.82. The second kappa shape index (κ2) is 12.2. The van der Waals surface area contributed by atoms with Crippen molar-refractivity contribution in [1.82, 2.24) is 0 Å². The Bertz CT molecular complexity index is 550. The molecule has 0 N–H and O–H groups in total. The number of hydrogen-bond donors (Lipinski definition) is 0. The molecule has 0 aliphatic heterocycles. The Balaban J connectivity index is 2.62. The number of allylic oxidation sites excluding steroid dienone is 2. The molecule has 0 saturated heterocycles. The third-order valence-corrected chi connectivity index (χ3v) is 2.84. The van der Waals surface area contributed by atoms with Gasteiger partial charge in [0.1, 0.15) is 0 Å². The zero-order valence-electron chi connectivity index (χ0n) is 14.3. The summed E-state index contributed by atoms with van der Waals surface area (Å²) in [4.78, 5) is 11.2. The van der Waals surface area contributed by atoms with E-state index in [2.05, 4.69) is 0 Å². The van der Waals surface area contributed by atoms with Crippen LogP contribution in [-0.2, 0) is 19.0 Å². The molecule has 0 atom stereocenters. The first-order valence-electron chi connectivity index (χ1n) is 7.60. The molecule has 6 heteroatoms. The highest BCUT2D eigenvalue weighted by atomic mass is 16.7. The molecule has 1 aromatic rings. The van der Waals surface area contributed by atoms with Crippen molar-refractivity contribution in [3.05, 3.63) is 42.0 Å².